The first-order valence-electron chi connectivity index (χ1n) is 7.12. The Labute approximate surface area is 132 Å². The largest absolute Gasteiger partial charge is 0.457 e. The summed E-state index contributed by atoms with van der Waals surface area (Å²) >= 11 is 6.11. The zero-order valence-electron chi connectivity index (χ0n) is 13.0. The van der Waals surface area contributed by atoms with Gasteiger partial charge in [-0.2, -0.15) is 0 Å². The van der Waals surface area contributed by atoms with Gasteiger partial charge in [-0.05, 0) is 30.7 Å². The van der Waals surface area contributed by atoms with E-state index in [1.807, 2.05) is 43.4 Å². The van der Waals surface area contributed by atoms with Crippen LogP contribution in [0.4, 0.5) is 0 Å². The topological polar surface area (TPSA) is 21.3 Å². The van der Waals surface area contributed by atoms with Gasteiger partial charge in [0.15, 0.2) is 0 Å². The molecular weight excluding hydrogens is 282 g/mol. The maximum atomic E-state index is 6.18. The second-order valence-corrected chi connectivity index (χ2v) is 6.57. The molecule has 0 radical (unpaired) electrons. The van der Waals surface area contributed by atoms with Crippen molar-refractivity contribution < 1.29 is 4.74 Å². The lowest BCUT2D eigenvalue weighted by Gasteiger charge is -2.23. The summed E-state index contributed by atoms with van der Waals surface area (Å²) in [5, 5.41) is 3.83. The van der Waals surface area contributed by atoms with Crippen molar-refractivity contribution in [3.05, 3.63) is 58.6 Å². The fourth-order valence-electron chi connectivity index (χ4n) is 2.25. The predicted molar refractivity (Wildman–Crippen MR) is 89.4 cm³/mol. The second-order valence-electron chi connectivity index (χ2n) is 6.13. The molecule has 112 valence electrons. The van der Waals surface area contributed by atoms with Crippen LogP contribution in [0.15, 0.2) is 42.5 Å². The van der Waals surface area contributed by atoms with Crippen molar-refractivity contribution in [1.29, 1.82) is 0 Å². The maximum absolute atomic E-state index is 6.18. The standard InChI is InChI=1S/C18H22ClNO/c1-18(2,3)15-7-5-6-8-16(15)21-17-11-14(19)10-9-13(17)12-20-4/h5-11,20H,12H2,1-4H3. The van der Waals surface area contributed by atoms with Gasteiger partial charge >= 0.3 is 0 Å². The first-order chi connectivity index (χ1) is 9.91. The van der Waals surface area contributed by atoms with Gasteiger partial charge in [-0.3, -0.25) is 0 Å². The summed E-state index contributed by atoms with van der Waals surface area (Å²) in [7, 11) is 1.92. The molecule has 21 heavy (non-hydrogen) atoms. The van der Waals surface area contributed by atoms with E-state index >= 15 is 0 Å². The van der Waals surface area contributed by atoms with Gasteiger partial charge in [-0.15, -0.1) is 0 Å². The molecule has 0 aliphatic rings. The van der Waals surface area contributed by atoms with Crippen molar-refractivity contribution in [2.75, 3.05) is 7.05 Å². The van der Waals surface area contributed by atoms with E-state index in [0.29, 0.717) is 5.02 Å². The van der Waals surface area contributed by atoms with E-state index in [1.54, 1.807) is 0 Å². The van der Waals surface area contributed by atoms with Crippen molar-refractivity contribution in [3.8, 4) is 11.5 Å². The van der Waals surface area contributed by atoms with Gasteiger partial charge in [0.1, 0.15) is 11.5 Å². The molecule has 2 aromatic carbocycles. The van der Waals surface area contributed by atoms with Crippen LogP contribution >= 0.6 is 11.6 Å². The minimum Gasteiger partial charge on any atom is -0.457 e. The van der Waals surface area contributed by atoms with Gasteiger partial charge in [-0.25, -0.2) is 0 Å². The van der Waals surface area contributed by atoms with E-state index in [2.05, 4.69) is 32.2 Å². The molecule has 1 N–H and O–H groups in total. The Bertz CT molecular complexity index is 617. The monoisotopic (exact) mass is 303 g/mol. The fourth-order valence-corrected chi connectivity index (χ4v) is 2.42. The zero-order chi connectivity index (χ0) is 15.5. The molecular formula is C18H22ClNO. The molecule has 0 fully saturated rings. The van der Waals surface area contributed by atoms with E-state index in [1.165, 1.54) is 5.56 Å². The highest BCUT2D eigenvalue weighted by atomic mass is 35.5. The lowest BCUT2D eigenvalue weighted by Crippen LogP contribution is -2.13. The third-order valence-corrected chi connectivity index (χ3v) is 3.55. The van der Waals surface area contributed by atoms with Crippen LogP contribution in [0.5, 0.6) is 11.5 Å². The predicted octanol–water partition coefficient (Wildman–Crippen LogP) is 5.15. The third kappa shape index (κ3) is 3.99. The van der Waals surface area contributed by atoms with Gasteiger partial charge in [0, 0.05) is 22.7 Å². The van der Waals surface area contributed by atoms with Crippen molar-refractivity contribution in [2.45, 2.75) is 32.7 Å². The molecule has 3 heteroatoms. The first kappa shape index (κ1) is 15.9. The van der Waals surface area contributed by atoms with Crippen LogP contribution in [0.2, 0.25) is 5.02 Å². The molecule has 2 aromatic rings. The van der Waals surface area contributed by atoms with Crippen LogP contribution in [-0.4, -0.2) is 7.05 Å². The molecule has 0 bridgehead atoms. The number of halogens is 1. The minimum absolute atomic E-state index is 0.0261. The summed E-state index contributed by atoms with van der Waals surface area (Å²) < 4.78 is 6.18. The number of rotatable bonds is 4. The maximum Gasteiger partial charge on any atom is 0.133 e. The van der Waals surface area contributed by atoms with E-state index in [-0.39, 0.29) is 5.41 Å². The van der Waals surface area contributed by atoms with Gasteiger partial charge in [0.2, 0.25) is 0 Å². The molecule has 2 nitrogen and oxygen atoms in total. The summed E-state index contributed by atoms with van der Waals surface area (Å²) in [4.78, 5) is 0. The van der Waals surface area contributed by atoms with E-state index in [9.17, 15) is 0 Å². The van der Waals surface area contributed by atoms with Crippen LogP contribution in [0.1, 0.15) is 31.9 Å². The summed E-state index contributed by atoms with van der Waals surface area (Å²) in [5.74, 6) is 1.68. The Morgan fingerprint density at radius 3 is 2.43 bits per heavy atom. The fraction of sp³-hybridized carbons (Fsp3) is 0.333. The van der Waals surface area contributed by atoms with Crippen LogP contribution in [0.3, 0.4) is 0 Å². The molecule has 0 saturated carbocycles. The van der Waals surface area contributed by atoms with Crippen molar-refractivity contribution in [3.63, 3.8) is 0 Å². The van der Waals surface area contributed by atoms with E-state index < -0.39 is 0 Å². The molecule has 0 atom stereocenters. The van der Waals surface area contributed by atoms with Gasteiger partial charge in [0.05, 0.1) is 0 Å². The molecule has 0 aromatic heterocycles. The minimum atomic E-state index is 0.0261. The van der Waals surface area contributed by atoms with Crippen LogP contribution in [0.25, 0.3) is 0 Å². The summed E-state index contributed by atoms with van der Waals surface area (Å²) in [6.45, 7) is 7.29. The number of nitrogens with one attached hydrogen (secondary N) is 1. The number of para-hydroxylation sites is 1. The van der Waals surface area contributed by atoms with E-state index in [4.69, 9.17) is 16.3 Å². The smallest absolute Gasteiger partial charge is 0.133 e. The van der Waals surface area contributed by atoms with Crippen LogP contribution in [-0.2, 0) is 12.0 Å². The molecule has 0 unspecified atom stereocenters. The zero-order valence-corrected chi connectivity index (χ0v) is 13.8. The number of hydrogen-bond acceptors (Lipinski definition) is 2. The molecule has 0 saturated heterocycles. The Balaban J connectivity index is 2.41. The summed E-state index contributed by atoms with van der Waals surface area (Å²) in [5.41, 5.74) is 2.30. The SMILES string of the molecule is CNCc1ccc(Cl)cc1Oc1ccccc1C(C)(C)C. The quantitative estimate of drug-likeness (QED) is 0.843. The van der Waals surface area contributed by atoms with Gasteiger partial charge in [-0.1, -0.05) is 56.6 Å². The normalized spacial score (nSPS) is 11.5. The Morgan fingerprint density at radius 1 is 1.05 bits per heavy atom. The lowest BCUT2D eigenvalue weighted by atomic mass is 9.86. The number of ether oxygens (including phenoxy) is 1. The lowest BCUT2D eigenvalue weighted by molar-refractivity contribution is 0.449. The Morgan fingerprint density at radius 2 is 1.76 bits per heavy atom. The number of hydrogen-bond donors (Lipinski definition) is 1. The highest BCUT2D eigenvalue weighted by Gasteiger charge is 2.19. The van der Waals surface area contributed by atoms with Crippen LogP contribution < -0.4 is 10.1 Å². The Kier molecular flexibility index (Phi) is 4.92. The highest BCUT2D eigenvalue weighted by Crippen LogP contribution is 2.35. The van der Waals surface area contributed by atoms with Gasteiger partial charge < -0.3 is 10.1 Å². The number of benzene rings is 2. The van der Waals surface area contributed by atoms with Crippen molar-refractivity contribution >= 4 is 11.6 Å². The van der Waals surface area contributed by atoms with Crippen molar-refractivity contribution in [1.82, 2.24) is 5.32 Å². The van der Waals surface area contributed by atoms with Crippen LogP contribution in [0, 0.1) is 0 Å². The molecule has 0 aliphatic carbocycles. The summed E-state index contributed by atoms with van der Waals surface area (Å²) in [6, 6.07) is 13.9. The molecule has 0 amide bonds. The average Bonchev–Trinajstić information content (AvgIpc) is 2.41. The molecule has 2 rings (SSSR count). The molecule has 0 heterocycles. The molecule has 0 aliphatic heterocycles. The Hall–Kier alpha value is -1.51. The van der Waals surface area contributed by atoms with Crippen molar-refractivity contribution in [2.24, 2.45) is 0 Å². The second kappa shape index (κ2) is 6.50. The van der Waals surface area contributed by atoms with Gasteiger partial charge in [0.25, 0.3) is 0 Å². The first-order valence-corrected chi connectivity index (χ1v) is 7.50. The summed E-state index contributed by atoms with van der Waals surface area (Å²) in [6.07, 6.45) is 0. The average molecular weight is 304 g/mol. The van der Waals surface area contributed by atoms with E-state index in [0.717, 1.165) is 23.6 Å². The third-order valence-electron chi connectivity index (χ3n) is 3.31. The molecule has 0 spiro atoms. The highest BCUT2D eigenvalue weighted by molar-refractivity contribution is 6.30.